The minimum absolute atomic E-state index is 0.0975. The molecule has 0 aliphatic carbocycles. The Balaban J connectivity index is 4.39. The van der Waals surface area contributed by atoms with E-state index < -0.39 is 6.10 Å². The van der Waals surface area contributed by atoms with Crippen LogP contribution in [0.15, 0.2) is 134 Å². The highest BCUT2D eigenvalue weighted by Crippen LogP contribution is 2.14. The van der Waals surface area contributed by atoms with E-state index in [9.17, 15) is 14.4 Å². The Hall–Kier alpha value is -4.45. The van der Waals surface area contributed by atoms with Crippen LogP contribution in [0.3, 0.4) is 0 Å². The number of rotatable bonds is 55. The molecule has 0 fully saturated rings. The highest BCUT2D eigenvalue weighted by Gasteiger charge is 2.19. The normalized spacial score (nSPS) is 13.0. The van der Waals surface area contributed by atoms with Crippen LogP contribution in [0.4, 0.5) is 0 Å². The van der Waals surface area contributed by atoms with Gasteiger partial charge in [0, 0.05) is 19.3 Å². The van der Waals surface area contributed by atoms with Crippen molar-refractivity contribution < 1.29 is 28.6 Å². The van der Waals surface area contributed by atoms with Crippen molar-refractivity contribution in [3.63, 3.8) is 0 Å². The summed E-state index contributed by atoms with van der Waals surface area (Å²) in [5.74, 6) is -0.936. The zero-order valence-corrected chi connectivity index (χ0v) is 49.2. The SMILES string of the molecule is CC/C=C\C/C=C\C/C=C\C/C=C\C/C=C\C/C=C\CCCCCCCCCCC(=O)OCC(COC(=O)CCCCCCC/C=C\C/C=C\C/C=C\CC)OC(=O)CCCCCCC/C=C\C/C=C\CCCCCC. The Morgan fingerprint density at radius 1 is 0.276 bits per heavy atom. The molecule has 0 N–H and O–H groups in total. The van der Waals surface area contributed by atoms with E-state index in [1.54, 1.807) is 0 Å². The van der Waals surface area contributed by atoms with Gasteiger partial charge in [-0.1, -0.05) is 251 Å². The topological polar surface area (TPSA) is 78.9 Å². The molecule has 1 unspecified atom stereocenters. The van der Waals surface area contributed by atoms with Gasteiger partial charge in [0.25, 0.3) is 0 Å². The zero-order chi connectivity index (χ0) is 55.0. The van der Waals surface area contributed by atoms with Crippen molar-refractivity contribution in [3.05, 3.63) is 134 Å². The molecule has 1 atom stereocenters. The van der Waals surface area contributed by atoms with Crippen molar-refractivity contribution in [1.82, 2.24) is 0 Å². The maximum absolute atomic E-state index is 12.9. The van der Waals surface area contributed by atoms with Gasteiger partial charge in [0.05, 0.1) is 0 Å². The van der Waals surface area contributed by atoms with Gasteiger partial charge in [0.2, 0.25) is 0 Å². The second-order valence-corrected chi connectivity index (χ2v) is 20.2. The summed E-state index contributed by atoms with van der Waals surface area (Å²) in [6.07, 6.45) is 88.7. The molecular formula is C70H114O6. The molecule has 0 aliphatic rings. The first-order valence-corrected chi connectivity index (χ1v) is 31.2. The molecule has 0 bridgehead atoms. The number of esters is 3. The molecule has 6 nitrogen and oxygen atoms in total. The van der Waals surface area contributed by atoms with Crippen LogP contribution in [0.2, 0.25) is 0 Å². The lowest BCUT2D eigenvalue weighted by Crippen LogP contribution is -2.30. The number of ether oxygens (including phenoxy) is 3. The quantitative estimate of drug-likeness (QED) is 0.0261. The average molecular weight is 1050 g/mol. The van der Waals surface area contributed by atoms with Crippen LogP contribution < -0.4 is 0 Å². The largest absolute Gasteiger partial charge is 0.462 e. The molecule has 0 aromatic rings. The lowest BCUT2D eigenvalue weighted by Gasteiger charge is -2.18. The smallest absolute Gasteiger partial charge is 0.306 e. The summed E-state index contributed by atoms with van der Waals surface area (Å²) < 4.78 is 16.9. The van der Waals surface area contributed by atoms with Crippen LogP contribution in [0.25, 0.3) is 0 Å². The number of carbonyl (C=O) groups excluding carboxylic acids is 3. The van der Waals surface area contributed by atoms with Crippen molar-refractivity contribution in [2.45, 2.75) is 277 Å². The third-order valence-electron chi connectivity index (χ3n) is 12.9. The predicted molar refractivity (Wildman–Crippen MR) is 329 cm³/mol. The lowest BCUT2D eigenvalue weighted by atomic mass is 10.1. The van der Waals surface area contributed by atoms with Crippen molar-refractivity contribution in [2.24, 2.45) is 0 Å². The summed E-state index contributed by atoms with van der Waals surface area (Å²) in [4.78, 5) is 38.3. The fourth-order valence-electron chi connectivity index (χ4n) is 8.25. The molecular weight excluding hydrogens is 937 g/mol. The summed E-state index contributed by atoms with van der Waals surface area (Å²) in [6, 6.07) is 0. The molecule has 0 aromatic heterocycles. The number of allylic oxidation sites excluding steroid dienone is 22. The highest BCUT2D eigenvalue weighted by atomic mass is 16.6. The Bertz CT molecular complexity index is 1630. The lowest BCUT2D eigenvalue weighted by molar-refractivity contribution is -0.167. The molecule has 0 rings (SSSR count). The standard InChI is InChI=1S/C70H114O6/c1-4-7-10-13-16-19-22-25-28-30-31-32-33-34-35-36-37-38-39-40-43-45-48-51-54-57-60-63-69(72)75-66-67(65-74-68(71)62-59-56-53-50-47-44-41-27-24-21-18-15-12-9-6-3)76-70(73)64-61-58-55-52-49-46-42-29-26-23-20-17-14-11-8-5-2/h7,9-10,12,16,18-21,23,25,27-29,31-32,34-35,37-38,41-42,67H,4-6,8,11,13-15,17,22,24,26,30,33,36,39-40,43-66H2,1-3H3/b10-7-,12-9-,19-16-,21-18-,23-20-,28-25-,32-31-,35-34-,38-37-,41-27-,42-29-. The summed E-state index contributed by atoms with van der Waals surface area (Å²) in [7, 11) is 0. The second kappa shape index (κ2) is 63.1. The van der Waals surface area contributed by atoms with Gasteiger partial charge in [0.15, 0.2) is 6.10 Å². The van der Waals surface area contributed by atoms with Crippen LogP contribution in [-0.4, -0.2) is 37.2 Å². The van der Waals surface area contributed by atoms with E-state index in [1.807, 2.05) is 0 Å². The minimum Gasteiger partial charge on any atom is -0.462 e. The van der Waals surface area contributed by atoms with Gasteiger partial charge in [-0.15, -0.1) is 0 Å². The first-order chi connectivity index (χ1) is 37.5. The van der Waals surface area contributed by atoms with Crippen LogP contribution in [-0.2, 0) is 28.6 Å². The van der Waals surface area contributed by atoms with Gasteiger partial charge in [-0.3, -0.25) is 14.4 Å². The third-order valence-corrected chi connectivity index (χ3v) is 12.9. The summed E-state index contributed by atoms with van der Waals surface area (Å²) in [5, 5.41) is 0. The summed E-state index contributed by atoms with van der Waals surface area (Å²) in [6.45, 7) is 6.37. The molecule has 76 heavy (non-hydrogen) atoms. The van der Waals surface area contributed by atoms with Crippen LogP contribution in [0.1, 0.15) is 271 Å². The van der Waals surface area contributed by atoms with Gasteiger partial charge in [-0.05, 0) is 135 Å². The van der Waals surface area contributed by atoms with Crippen molar-refractivity contribution >= 4 is 17.9 Å². The average Bonchev–Trinajstić information content (AvgIpc) is 3.42. The monoisotopic (exact) mass is 1050 g/mol. The van der Waals surface area contributed by atoms with Gasteiger partial charge in [-0.2, -0.15) is 0 Å². The third kappa shape index (κ3) is 60.4. The van der Waals surface area contributed by atoms with E-state index >= 15 is 0 Å². The number of unbranched alkanes of at least 4 members (excludes halogenated alkanes) is 22. The van der Waals surface area contributed by atoms with Crippen molar-refractivity contribution in [3.8, 4) is 0 Å². The number of hydrogen-bond acceptors (Lipinski definition) is 6. The molecule has 430 valence electrons. The minimum atomic E-state index is -0.802. The molecule has 0 aliphatic heterocycles. The number of carbonyl (C=O) groups is 3. The van der Waals surface area contributed by atoms with Gasteiger partial charge in [-0.25, -0.2) is 0 Å². The van der Waals surface area contributed by atoms with Crippen LogP contribution in [0, 0.1) is 0 Å². The summed E-state index contributed by atoms with van der Waals surface area (Å²) >= 11 is 0. The predicted octanol–water partition coefficient (Wildman–Crippen LogP) is 21.4. The van der Waals surface area contributed by atoms with Crippen molar-refractivity contribution in [1.29, 1.82) is 0 Å². The molecule has 6 heteroatoms. The maximum atomic E-state index is 12.9. The van der Waals surface area contributed by atoms with Gasteiger partial charge < -0.3 is 14.2 Å². The van der Waals surface area contributed by atoms with E-state index in [2.05, 4.69) is 154 Å². The highest BCUT2D eigenvalue weighted by molar-refractivity contribution is 5.71. The molecule has 0 saturated carbocycles. The molecule has 0 heterocycles. The van der Waals surface area contributed by atoms with Crippen molar-refractivity contribution in [2.75, 3.05) is 13.2 Å². The first kappa shape index (κ1) is 71.5. The van der Waals surface area contributed by atoms with E-state index in [0.29, 0.717) is 19.3 Å². The van der Waals surface area contributed by atoms with E-state index in [4.69, 9.17) is 14.2 Å². The zero-order valence-electron chi connectivity index (χ0n) is 49.2. The Morgan fingerprint density at radius 2 is 0.513 bits per heavy atom. The molecule has 0 amide bonds. The Kier molecular flexibility index (Phi) is 59.4. The summed E-state index contributed by atoms with van der Waals surface area (Å²) in [5.41, 5.74) is 0. The second-order valence-electron chi connectivity index (χ2n) is 20.2. The molecule has 0 aromatic carbocycles. The van der Waals surface area contributed by atoms with E-state index in [0.717, 1.165) is 167 Å². The molecule has 0 radical (unpaired) electrons. The van der Waals surface area contributed by atoms with Gasteiger partial charge in [0.1, 0.15) is 13.2 Å². The van der Waals surface area contributed by atoms with E-state index in [-0.39, 0.29) is 31.1 Å². The van der Waals surface area contributed by atoms with E-state index in [1.165, 1.54) is 64.2 Å². The fourth-order valence-corrected chi connectivity index (χ4v) is 8.25. The van der Waals surface area contributed by atoms with Crippen LogP contribution in [0.5, 0.6) is 0 Å². The van der Waals surface area contributed by atoms with Crippen LogP contribution >= 0.6 is 0 Å². The maximum Gasteiger partial charge on any atom is 0.306 e. The van der Waals surface area contributed by atoms with Gasteiger partial charge >= 0.3 is 17.9 Å². The first-order valence-electron chi connectivity index (χ1n) is 31.2. The number of hydrogen-bond donors (Lipinski definition) is 0. The Labute approximate surface area is 468 Å². The molecule has 0 saturated heterocycles. The Morgan fingerprint density at radius 3 is 0.803 bits per heavy atom. The fraction of sp³-hybridized carbons (Fsp3) is 0.643. The molecule has 0 spiro atoms.